The van der Waals surface area contributed by atoms with Crippen LogP contribution in [0.2, 0.25) is 5.02 Å². The number of rotatable bonds is 1. The third-order valence-corrected chi connectivity index (χ3v) is 2.23. The smallest absolute Gasteiger partial charge is 0.378 e. The van der Waals surface area contributed by atoms with Crippen LogP contribution < -0.4 is 24.2 Å². The molecule has 2 rings (SSSR count). The van der Waals surface area contributed by atoms with E-state index in [1.54, 1.807) is 0 Å². The molecule has 0 bridgehead atoms. The van der Waals surface area contributed by atoms with Crippen molar-refractivity contribution < 1.29 is 18.9 Å². The van der Waals surface area contributed by atoms with Crippen molar-refractivity contribution in [1.29, 1.82) is 0 Å². The second-order valence-electron chi connectivity index (χ2n) is 2.96. The predicted octanol–water partition coefficient (Wildman–Crippen LogP) is -1.12. The molecule has 1 aliphatic heterocycles. The van der Waals surface area contributed by atoms with Crippen LogP contribution in [0.25, 0.3) is 0 Å². The summed E-state index contributed by atoms with van der Waals surface area (Å²) in [5.74, 6) is 0.932. The maximum atomic E-state index is 5.82. The minimum atomic E-state index is 0. The first kappa shape index (κ1) is 11.5. The van der Waals surface area contributed by atoms with Crippen LogP contribution in [0.4, 0.5) is 0 Å². The number of nitrogens with zero attached hydrogens (tertiary/aromatic N) is 1. The Balaban J connectivity index is 0.000000980. The number of amidine groups is 1. The molecule has 1 aromatic rings. The van der Waals surface area contributed by atoms with E-state index in [-0.39, 0.29) is 18.9 Å². The molecule has 1 aromatic carbocycles. The van der Waals surface area contributed by atoms with Crippen molar-refractivity contribution in [3.05, 3.63) is 41.3 Å². The molecule has 0 aliphatic carbocycles. The zero-order valence-electron chi connectivity index (χ0n) is 8.18. The Hall–Kier alpha value is -0.553. The molecule has 4 heteroatoms. The Labute approximate surface area is 101 Å². The SMILES string of the molecule is [CH2-]c1cc(Cl)ccc1C1=NCCN1.[Li+]. The van der Waals surface area contributed by atoms with Crippen molar-refractivity contribution in [2.24, 2.45) is 4.99 Å². The van der Waals surface area contributed by atoms with Crippen LogP contribution in [-0.4, -0.2) is 18.9 Å². The van der Waals surface area contributed by atoms with E-state index in [4.69, 9.17) is 11.6 Å². The van der Waals surface area contributed by atoms with Crippen LogP contribution in [0, 0.1) is 6.92 Å². The molecular weight excluding hydrogens is 191 g/mol. The molecule has 1 aliphatic rings. The van der Waals surface area contributed by atoms with Crippen molar-refractivity contribution in [2.45, 2.75) is 0 Å². The molecule has 68 valence electrons. The molecule has 0 unspecified atom stereocenters. The van der Waals surface area contributed by atoms with Gasteiger partial charge in [-0.2, -0.15) is 12.5 Å². The summed E-state index contributed by atoms with van der Waals surface area (Å²) < 4.78 is 0. The van der Waals surface area contributed by atoms with Crippen LogP contribution >= 0.6 is 11.6 Å². The number of halogens is 1. The summed E-state index contributed by atoms with van der Waals surface area (Å²) in [4.78, 5) is 4.32. The van der Waals surface area contributed by atoms with Gasteiger partial charge in [0.05, 0.1) is 12.4 Å². The van der Waals surface area contributed by atoms with Crippen LogP contribution in [0.3, 0.4) is 0 Å². The molecule has 2 nitrogen and oxygen atoms in total. The van der Waals surface area contributed by atoms with Gasteiger partial charge in [0.1, 0.15) is 0 Å². The minimum absolute atomic E-state index is 0. The summed E-state index contributed by atoms with van der Waals surface area (Å²) >= 11 is 5.82. The van der Waals surface area contributed by atoms with Gasteiger partial charge in [0.15, 0.2) is 0 Å². The van der Waals surface area contributed by atoms with Crippen molar-refractivity contribution in [2.75, 3.05) is 13.1 Å². The monoisotopic (exact) mass is 200 g/mol. The largest absolute Gasteiger partial charge is 1.00 e. The zero-order valence-corrected chi connectivity index (χ0v) is 8.93. The summed E-state index contributed by atoms with van der Waals surface area (Å²) in [6.07, 6.45) is 0. The molecule has 1 N–H and O–H groups in total. The van der Waals surface area contributed by atoms with Crippen molar-refractivity contribution in [3.63, 3.8) is 0 Å². The Morgan fingerprint density at radius 2 is 2.21 bits per heavy atom. The topological polar surface area (TPSA) is 24.4 Å². The van der Waals surface area contributed by atoms with Crippen LogP contribution in [-0.2, 0) is 0 Å². The fourth-order valence-electron chi connectivity index (χ4n) is 1.37. The van der Waals surface area contributed by atoms with Gasteiger partial charge < -0.3 is 5.32 Å². The minimum Gasteiger partial charge on any atom is -0.378 e. The van der Waals surface area contributed by atoms with Gasteiger partial charge in [-0.1, -0.05) is 23.2 Å². The van der Waals surface area contributed by atoms with Gasteiger partial charge in [0.2, 0.25) is 0 Å². The first-order valence-electron chi connectivity index (χ1n) is 4.17. The summed E-state index contributed by atoms with van der Waals surface area (Å²) in [5, 5.41) is 3.92. The summed E-state index contributed by atoms with van der Waals surface area (Å²) in [5.41, 5.74) is 1.96. The molecule has 0 fully saturated rings. The van der Waals surface area contributed by atoms with E-state index < -0.39 is 0 Å². The molecule has 0 saturated heterocycles. The third kappa shape index (κ3) is 2.27. The molecule has 14 heavy (non-hydrogen) atoms. The molecule has 0 spiro atoms. The zero-order chi connectivity index (χ0) is 9.26. The average Bonchev–Trinajstić information content (AvgIpc) is 2.56. The van der Waals surface area contributed by atoms with E-state index in [0.717, 1.165) is 30.1 Å². The van der Waals surface area contributed by atoms with E-state index in [0.29, 0.717) is 5.02 Å². The number of nitrogens with one attached hydrogen (secondary N) is 1. The molecule has 0 radical (unpaired) electrons. The molecule has 1 heterocycles. The number of hydrogen-bond donors (Lipinski definition) is 1. The maximum absolute atomic E-state index is 5.82. The molecular formula is C10H10ClLiN2. The Morgan fingerprint density at radius 1 is 1.43 bits per heavy atom. The second-order valence-corrected chi connectivity index (χ2v) is 3.40. The van der Waals surface area contributed by atoms with Crippen LogP contribution in [0.5, 0.6) is 0 Å². The quantitative estimate of drug-likeness (QED) is 0.451. The molecule has 0 aromatic heterocycles. The second kappa shape index (κ2) is 4.79. The van der Waals surface area contributed by atoms with Gasteiger partial charge in [-0.05, 0) is 5.02 Å². The average molecular weight is 201 g/mol. The molecule has 0 amide bonds. The first-order valence-corrected chi connectivity index (χ1v) is 4.55. The van der Waals surface area contributed by atoms with Crippen LogP contribution in [0.15, 0.2) is 23.2 Å². The molecule has 0 saturated carbocycles. The van der Waals surface area contributed by atoms with E-state index in [1.807, 2.05) is 18.2 Å². The first-order chi connectivity index (χ1) is 6.27. The van der Waals surface area contributed by atoms with E-state index in [2.05, 4.69) is 17.2 Å². The standard InChI is InChI=1S/C10H10ClN2.Li/c1-7-6-8(11)2-3-9(7)10-12-4-5-13-10;/h2-3,6H,1,4-5H2,(H,12,13);/q-1;+1. The van der Waals surface area contributed by atoms with Gasteiger partial charge in [-0.3, -0.25) is 4.99 Å². The van der Waals surface area contributed by atoms with E-state index >= 15 is 0 Å². The summed E-state index contributed by atoms with van der Waals surface area (Å²) in [6, 6.07) is 5.65. The fourth-order valence-corrected chi connectivity index (χ4v) is 1.57. The summed E-state index contributed by atoms with van der Waals surface area (Å²) in [6.45, 7) is 5.68. The maximum Gasteiger partial charge on any atom is 1.00 e. The Bertz CT molecular complexity index is 363. The predicted molar refractivity (Wildman–Crippen MR) is 55.3 cm³/mol. The fraction of sp³-hybridized carbons (Fsp3) is 0.200. The third-order valence-electron chi connectivity index (χ3n) is 2.00. The van der Waals surface area contributed by atoms with Crippen LogP contribution in [0.1, 0.15) is 11.1 Å². The van der Waals surface area contributed by atoms with E-state index in [1.165, 1.54) is 0 Å². The molecule has 0 atom stereocenters. The van der Waals surface area contributed by atoms with Gasteiger partial charge in [-0.25, -0.2) is 0 Å². The normalized spacial score (nSPS) is 14.2. The van der Waals surface area contributed by atoms with Gasteiger partial charge >= 0.3 is 18.9 Å². The Morgan fingerprint density at radius 3 is 2.79 bits per heavy atom. The van der Waals surface area contributed by atoms with E-state index in [9.17, 15) is 0 Å². The van der Waals surface area contributed by atoms with Crippen molar-refractivity contribution in [1.82, 2.24) is 5.32 Å². The van der Waals surface area contributed by atoms with Gasteiger partial charge in [0.25, 0.3) is 0 Å². The summed E-state index contributed by atoms with van der Waals surface area (Å²) in [7, 11) is 0. The van der Waals surface area contributed by atoms with Crippen molar-refractivity contribution >= 4 is 17.4 Å². The van der Waals surface area contributed by atoms with Gasteiger partial charge in [0, 0.05) is 6.54 Å². The Kier molecular flexibility index (Phi) is 3.94. The van der Waals surface area contributed by atoms with Gasteiger partial charge in [-0.15, -0.1) is 12.1 Å². The number of hydrogen-bond acceptors (Lipinski definition) is 2. The van der Waals surface area contributed by atoms with Crippen molar-refractivity contribution in [3.8, 4) is 0 Å². The number of benzene rings is 1. The number of aliphatic imine (C=N–C) groups is 1.